The molecule has 0 fully saturated rings. The first-order valence-electron chi connectivity index (χ1n) is 6.66. The molecule has 0 saturated heterocycles. The van der Waals surface area contributed by atoms with Crippen molar-refractivity contribution in [2.24, 2.45) is 0 Å². The van der Waals surface area contributed by atoms with E-state index in [4.69, 9.17) is 4.52 Å². The lowest BCUT2D eigenvalue weighted by atomic mass is 10.1. The summed E-state index contributed by atoms with van der Waals surface area (Å²) in [5.74, 6) is 1.40. The Morgan fingerprint density at radius 1 is 1.16 bits per heavy atom. The topological polar surface area (TPSA) is 38.9 Å². The molecule has 1 heterocycles. The average molecular weight is 260 g/mol. The summed E-state index contributed by atoms with van der Waals surface area (Å²) in [5, 5.41) is 4.04. The van der Waals surface area contributed by atoms with E-state index in [0.717, 1.165) is 28.8 Å². The van der Waals surface area contributed by atoms with E-state index in [2.05, 4.69) is 38.2 Å². The molecule has 0 aliphatic heterocycles. The third-order valence-electron chi connectivity index (χ3n) is 3.60. The molecule has 102 valence electrons. The van der Waals surface area contributed by atoms with Crippen LogP contribution >= 0.6 is 0 Å². The molecule has 0 bridgehead atoms. The van der Waals surface area contributed by atoms with Crippen molar-refractivity contribution in [3.8, 4) is 11.4 Å². The zero-order valence-corrected chi connectivity index (χ0v) is 12.1. The molecule has 0 amide bonds. The van der Waals surface area contributed by atoms with Crippen molar-refractivity contribution >= 4 is 0 Å². The van der Waals surface area contributed by atoms with Gasteiger partial charge in [-0.05, 0) is 6.92 Å². The minimum Gasteiger partial charge on any atom is -0.339 e. The second-order valence-electron chi connectivity index (χ2n) is 5.88. The summed E-state index contributed by atoms with van der Waals surface area (Å²) in [6.07, 6.45) is 1.87. The van der Waals surface area contributed by atoms with Crippen molar-refractivity contribution in [1.29, 1.82) is 0 Å². The van der Waals surface area contributed by atoms with Crippen LogP contribution < -0.4 is 0 Å². The Morgan fingerprint density at radius 2 is 1.84 bits per heavy atom. The Balaban J connectivity index is 1.99. The highest BCUT2D eigenvalue weighted by Crippen LogP contribution is 2.16. The largest absolute Gasteiger partial charge is 0.339 e. The van der Waals surface area contributed by atoms with Crippen LogP contribution in [-0.4, -0.2) is 41.8 Å². The van der Waals surface area contributed by atoms with Crippen LogP contribution in [0.4, 0.5) is 0 Å². The van der Waals surface area contributed by atoms with Gasteiger partial charge in [-0.3, -0.25) is 0 Å². The Hall–Kier alpha value is -1.68. The van der Waals surface area contributed by atoms with Gasteiger partial charge in [-0.25, -0.2) is 0 Å². The lowest BCUT2D eigenvalue weighted by Gasteiger charge is -2.31. The second-order valence-corrected chi connectivity index (χ2v) is 5.88. The number of hydrogen-bond acceptors (Lipinski definition) is 3. The fourth-order valence-electron chi connectivity index (χ4n) is 1.78. The molecule has 19 heavy (non-hydrogen) atoms. The molecule has 2 rings (SSSR count). The lowest BCUT2D eigenvalue weighted by Crippen LogP contribution is -2.43. The number of quaternary nitrogens is 1. The van der Waals surface area contributed by atoms with E-state index < -0.39 is 0 Å². The minimum atomic E-state index is 0.562. The van der Waals surface area contributed by atoms with Gasteiger partial charge in [0.1, 0.15) is 0 Å². The lowest BCUT2D eigenvalue weighted by molar-refractivity contribution is -0.894. The van der Waals surface area contributed by atoms with Gasteiger partial charge >= 0.3 is 0 Å². The number of aryl methyl sites for hydroxylation is 1. The molecular weight excluding hydrogens is 238 g/mol. The normalized spacial score (nSPS) is 13.5. The summed E-state index contributed by atoms with van der Waals surface area (Å²) in [5.41, 5.74) is 0.997. The molecule has 0 radical (unpaired) electrons. The summed E-state index contributed by atoms with van der Waals surface area (Å²) in [6.45, 7) is 2.24. The SMILES string of the molecule is C[C@H](CCc1nc(-c2ccccc2)no1)[N+](C)(C)C. The average Bonchev–Trinajstić information content (AvgIpc) is 2.84. The van der Waals surface area contributed by atoms with Crippen molar-refractivity contribution in [2.75, 3.05) is 21.1 Å². The zero-order valence-electron chi connectivity index (χ0n) is 12.1. The van der Waals surface area contributed by atoms with Crippen LogP contribution in [0.1, 0.15) is 19.2 Å². The minimum absolute atomic E-state index is 0.562. The van der Waals surface area contributed by atoms with E-state index in [0.29, 0.717) is 11.9 Å². The van der Waals surface area contributed by atoms with Gasteiger partial charge in [0.15, 0.2) is 0 Å². The maximum absolute atomic E-state index is 5.31. The van der Waals surface area contributed by atoms with Crippen LogP contribution in [0.5, 0.6) is 0 Å². The van der Waals surface area contributed by atoms with Gasteiger partial charge in [-0.15, -0.1) is 0 Å². The van der Waals surface area contributed by atoms with E-state index in [1.54, 1.807) is 0 Å². The van der Waals surface area contributed by atoms with Gasteiger partial charge in [-0.1, -0.05) is 35.5 Å². The van der Waals surface area contributed by atoms with E-state index in [9.17, 15) is 0 Å². The Morgan fingerprint density at radius 3 is 2.47 bits per heavy atom. The van der Waals surface area contributed by atoms with Gasteiger partial charge in [0, 0.05) is 18.4 Å². The Kier molecular flexibility index (Phi) is 4.00. The highest BCUT2D eigenvalue weighted by atomic mass is 16.5. The number of hydrogen-bond donors (Lipinski definition) is 0. The number of rotatable bonds is 5. The van der Waals surface area contributed by atoms with Gasteiger partial charge in [-0.2, -0.15) is 4.98 Å². The Bertz CT molecular complexity index is 514. The molecule has 1 aromatic carbocycles. The van der Waals surface area contributed by atoms with Crippen LogP contribution in [0.2, 0.25) is 0 Å². The summed E-state index contributed by atoms with van der Waals surface area (Å²) in [6, 6.07) is 10.5. The smallest absolute Gasteiger partial charge is 0.227 e. The molecule has 0 spiro atoms. The third-order valence-corrected chi connectivity index (χ3v) is 3.60. The van der Waals surface area contributed by atoms with Crippen LogP contribution in [0.15, 0.2) is 34.9 Å². The van der Waals surface area contributed by atoms with Crippen LogP contribution in [-0.2, 0) is 6.42 Å². The number of nitrogens with zero attached hydrogens (tertiary/aromatic N) is 3. The van der Waals surface area contributed by atoms with Crippen LogP contribution in [0, 0.1) is 0 Å². The summed E-state index contributed by atoms with van der Waals surface area (Å²) >= 11 is 0. The molecule has 0 aliphatic carbocycles. The monoisotopic (exact) mass is 260 g/mol. The summed E-state index contributed by atoms with van der Waals surface area (Å²) in [4.78, 5) is 4.45. The van der Waals surface area contributed by atoms with E-state index in [1.165, 1.54) is 0 Å². The first kappa shape index (κ1) is 13.7. The van der Waals surface area contributed by atoms with E-state index in [-0.39, 0.29) is 0 Å². The van der Waals surface area contributed by atoms with Crippen molar-refractivity contribution in [3.05, 3.63) is 36.2 Å². The third kappa shape index (κ3) is 3.64. The number of aromatic nitrogens is 2. The summed E-state index contributed by atoms with van der Waals surface area (Å²) in [7, 11) is 6.61. The fourth-order valence-corrected chi connectivity index (χ4v) is 1.78. The highest BCUT2D eigenvalue weighted by Gasteiger charge is 2.19. The van der Waals surface area contributed by atoms with Gasteiger partial charge < -0.3 is 9.01 Å². The molecule has 0 aliphatic rings. The molecular formula is C15H22N3O+. The first-order chi connectivity index (χ1) is 8.97. The molecule has 4 nitrogen and oxygen atoms in total. The van der Waals surface area contributed by atoms with E-state index >= 15 is 0 Å². The standard InChI is InChI=1S/C15H22N3O/c1-12(18(2,3)4)10-11-14-16-15(17-19-14)13-8-6-5-7-9-13/h5-9,12H,10-11H2,1-4H3/q+1/t12-/m1/s1. The molecule has 1 aromatic heterocycles. The molecule has 0 saturated carbocycles. The van der Waals surface area contributed by atoms with Crippen molar-refractivity contribution in [3.63, 3.8) is 0 Å². The molecule has 0 unspecified atom stereocenters. The Labute approximate surface area is 114 Å². The number of benzene rings is 1. The van der Waals surface area contributed by atoms with Crippen molar-refractivity contribution in [2.45, 2.75) is 25.8 Å². The summed E-state index contributed by atoms with van der Waals surface area (Å²) < 4.78 is 6.26. The molecule has 0 N–H and O–H groups in total. The van der Waals surface area contributed by atoms with Gasteiger partial charge in [0.05, 0.1) is 27.2 Å². The highest BCUT2D eigenvalue weighted by molar-refractivity contribution is 5.53. The molecule has 4 heteroatoms. The molecule has 1 atom stereocenters. The van der Waals surface area contributed by atoms with E-state index in [1.807, 2.05) is 30.3 Å². The quantitative estimate of drug-likeness (QED) is 0.776. The van der Waals surface area contributed by atoms with Crippen LogP contribution in [0.3, 0.4) is 0 Å². The predicted octanol–water partition coefficient (Wildman–Crippen LogP) is 2.76. The van der Waals surface area contributed by atoms with Crippen LogP contribution in [0.25, 0.3) is 11.4 Å². The van der Waals surface area contributed by atoms with Crippen molar-refractivity contribution < 1.29 is 9.01 Å². The maximum atomic E-state index is 5.31. The second kappa shape index (κ2) is 5.53. The maximum Gasteiger partial charge on any atom is 0.227 e. The predicted molar refractivity (Wildman–Crippen MR) is 75.5 cm³/mol. The zero-order chi connectivity index (χ0) is 13.9. The first-order valence-corrected chi connectivity index (χ1v) is 6.66. The van der Waals surface area contributed by atoms with Crippen molar-refractivity contribution in [1.82, 2.24) is 10.1 Å². The molecule has 2 aromatic rings. The fraction of sp³-hybridized carbons (Fsp3) is 0.467. The van der Waals surface area contributed by atoms with Gasteiger partial charge in [0.25, 0.3) is 0 Å². The van der Waals surface area contributed by atoms with Gasteiger partial charge in [0.2, 0.25) is 11.7 Å².